The van der Waals surface area contributed by atoms with E-state index in [0.717, 1.165) is 31.8 Å². The van der Waals surface area contributed by atoms with Gasteiger partial charge in [-0.1, -0.05) is 6.07 Å². The van der Waals surface area contributed by atoms with Gasteiger partial charge in [0.25, 0.3) is 0 Å². The van der Waals surface area contributed by atoms with Crippen LogP contribution in [0.15, 0.2) is 35.3 Å². The van der Waals surface area contributed by atoms with Gasteiger partial charge in [-0.3, -0.25) is 0 Å². The van der Waals surface area contributed by atoms with Gasteiger partial charge in [0.2, 0.25) is 0 Å². The molecule has 6 heteroatoms. The van der Waals surface area contributed by atoms with Crippen molar-refractivity contribution in [3.8, 4) is 10.4 Å². The van der Waals surface area contributed by atoms with E-state index in [1.165, 1.54) is 15.3 Å². The van der Waals surface area contributed by atoms with Crippen LogP contribution in [-0.4, -0.2) is 20.8 Å². The second-order valence-electron chi connectivity index (χ2n) is 5.25. The molecule has 3 aromatic rings. The molecule has 0 saturated heterocycles. The largest absolute Gasteiger partial charge is 0.307 e. The second-order valence-corrected chi connectivity index (χ2v) is 7.20. The van der Waals surface area contributed by atoms with E-state index in [1.54, 1.807) is 17.7 Å². The first-order valence-electron chi connectivity index (χ1n) is 7.10. The van der Waals surface area contributed by atoms with E-state index in [0.29, 0.717) is 6.04 Å². The first-order valence-corrected chi connectivity index (χ1v) is 8.86. The van der Waals surface area contributed by atoms with Crippen molar-refractivity contribution >= 4 is 22.7 Å². The number of rotatable bonds is 4. The number of hydrogen-bond donors (Lipinski definition) is 1. The maximum absolute atomic E-state index is 4.27. The maximum atomic E-state index is 4.27. The third kappa shape index (κ3) is 2.79. The number of fused-ring (bicyclic) bond motifs is 1. The molecule has 4 heterocycles. The predicted molar refractivity (Wildman–Crippen MR) is 86.6 cm³/mol. The zero-order chi connectivity index (χ0) is 14.1. The fraction of sp³-hybridized carbons (Fsp3) is 0.333. The van der Waals surface area contributed by atoms with E-state index < -0.39 is 0 Å². The normalized spacial score (nSPS) is 17.8. The van der Waals surface area contributed by atoms with Crippen LogP contribution in [0.5, 0.6) is 0 Å². The number of hydrogen-bond acceptors (Lipinski definition) is 5. The lowest BCUT2D eigenvalue weighted by molar-refractivity contribution is 0.359. The Kier molecular flexibility index (Phi) is 3.58. The van der Waals surface area contributed by atoms with E-state index in [-0.39, 0.29) is 0 Å². The fourth-order valence-electron chi connectivity index (χ4n) is 2.69. The fourth-order valence-corrected chi connectivity index (χ4v) is 4.32. The Bertz CT molecular complexity index is 714. The van der Waals surface area contributed by atoms with Gasteiger partial charge >= 0.3 is 0 Å². The molecule has 0 aliphatic carbocycles. The van der Waals surface area contributed by atoms with Gasteiger partial charge in [0.05, 0.1) is 6.54 Å². The molecule has 21 heavy (non-hydrogen) atoms. The molecule has 108 valence electrons. The summed E-state index contributed by atoms with van der Waals surface area (Å²) in [7, 11) is 0. The molecule has 0 bridgehead atoms. The standard InChI is InChI=1S/C15H16N4S2/c1-2-14(20-5-1)11-6-13(21-9-11)7-16-12-3-4-15-17-10-18-19(15)8-12/h1-2,5-6,9-10,12,16H,3-4,7-8H2/t12-/m0/s1. The van der Waals surface area contributed by atoms with Crippen LogP contribution in [0.3, 0.4) is 0 Å². The molecule has 4 rings (SSSR count). The minimum atomic E-state index is 0.492. The van der Waals surface area contributed by atoms with Crippen LogP contribution in [0.4, 0.5) is 0 Å². The molecular weight excluding hydrogens is 300 g/mol. The lowest BCUT2D eigenvalue weighted by Gasteiger charge is -2.23. The molecule has 4 nitrogen and oxygen atoms in total. The molecule has 0 amide bonds. The van der Waals surface area contributed by atoms with Crippen molar-refractivity contribution in [2.45, 2.75) is 32.0 Å². The summed E-state index contributed by atoms with van der Waals surface area (Å²) >= 11 is 3.63. The van der Waals surface area contributed by atoms with Gasteiger partial charge in [-0.25, -0.2) is 9.67 Å². The van der Waals surface area contributed by atoms with Gasteiger partial charge in [-0.2, -0.15) is 5.10 Å². The molecule has 1 N–H and O–H groups in total. The minimum Gasteiger partial charge on any atom is -0.307 e. The average Bonchev–Trinajstić information content (AvgIpc) is 3.24. The van der Waals surface area contributed by atoms with Crippen molar-refractivity contribution < 1.29 is 0 Å². The zero-order valence-corrected chi connectivity index (χ0v) is 13.2. The van der Waals surface area contributed by atoms with Crippen LogP contribution in [-0.2, 0) is 19.5 Å². The van der Waals surface area contributed by atoms with Crippen LogP contribution in [0.1, 0.15) is 17.1 Å². The third-order valence-electron chi connectivity index (χ3n) is 3.83. The van der Waals surface area contributed by atoms with Crippen LogP contribution in [0.25, 0.3) is 10.4 Å². The van der Waals surface area contributed by atoms with Crippen molar-refractivity contribution in [1.29, 1.82) is 0 Å². The van der Waals surface area contributed by atoms with Crippen LogP contribution in [0.2, 0.25) is 0 Å². The van der Waals surface area contributed by atoms with Gasteiger partial charge in [-0.05, 0) is 29.3 Å². The average molecular weight is 316 g/mol. The van der Waals surface area contributed by atoms with E-state index in [4.69, 9.17) is 0 Å². The summed E-state index contributed by atoms with van der Waals surface area (Å²) in [6.07, 6.45) is 3.81. The second kappa shape index (κ2) is 5.71. The highest BCUT2D eigenvalue weighted by molar-refractivity contribution is 7.14. The van der Waals surface area contributed by atoms with Crippen molar-refractivity contribution in [3.05, 3.63) is 46.0 Å². The molecular formula is C15H16N4S2. The molecule has 1 aliphatic rings. The highest BCUT2D eigenvalue weighted by Crippen LogP contribution is 2.29. The quantitative estimate of drug-likeness (QED) is 0.804. The Morgan fingerprint density at radius 1 is 1.38 bits per heavy atom. The predicted octanol–water partition coefficient (Wildman–Crippen LogP) is 3.17. The van der Waals surface area contributed by atoms with Gasteiger partial charge in [0.1, 0.15) is 12.2 Å². The summed E-state index contributed by atoms with van der Waals surface area (Å²) in [4.78, 5) is 7.01. The highest BCUT2D eigenvalue weighted by Gasteiger charge is 2.19. The van der Waals surface area contributed by atoms with E-state index in [1.807, 2.05) is 16.0 Å². The molecule has 0 unspecified atom stereocenters. The zero-order valence-electron chi connectivity index (χ0n) is 11.5. The molecule has 1 aliphatic heterocycles. The summed E-state index contributed by atoms with van der Waals surface area (Å²) in [6, 6.07) is 7.07. The monoisotopic (exact) mass is 316 g/mol. The number of nitrogens with one attached hydrogen (secondary N) is 1. The van der Waals surface area contributed by atoms with Gasteiger partial charge in [-0.15, -0.1) is 22.7 Å². The first kappa shape index (κ1) is 13.2. The molecule has 0 fully saturated rings. The topological polar surface area (TPSA) is 42.7 Å². The number of nitrogens with zero attached hydrogens (tertiary/aromatic N) is 3. The molecule has 0 aromatic carbocycles. The number of aromatic nitrogens is 3. The third-order valence-corrected chi connectivity index (χ3v) is 5.69. The van der Waals surface area contributed by atoms with Gasteiger partial charge in [0.15, 0.2) is 0 Å². The summed E-state index contributed by atoms with van der Waals surface area (Å²) in [5, 5.41) is 12.3. The minimum absolute atomic E-state index is 0.492. The molecule has 0 spiro atoms. The molecule has 0 radical (unpaired) electrons. The number of thiophene rings is 2. The lowest BCUT2D eigenvalue weighted by Crippen LogP contribution is -2.37. The van der Waals surface area contributed by atoms with E-state index in [2.05, 4.69) is 44.4 Å². The molecule has 0 saturated carbocycles. The van der Waals surface area contributed by atoms with Crippen LogP contribution >= 0.6 is 22.7 Å². The van der Waals surface area contributed by atoms with Crippen LogP contribution in [0, 0.1) is 0 Å². The van der Waals surface area contributed by atoms with Gasteiger partial charge < -0.3 is 5.32 Å². The van der Waals surface area contributed by atoms with E-state index >= 15 is 0 Å². The summed E-state index contributed by atoms with van der Waals surface area (Å²) in [5.41, 5.74) is 1.34. The summed E-state index contributed by atoms with van der Waals surface area (Å²) in [5.74, 6) is 1.11. The number of aryl methyl sites for hydroxylation is 1. The maximum Gasteiger partial charge on any atom is 0.138 e. The summed E-state index contributed by atoms with van der Waals surface area (Å²) < 4.78 is 2.02. The van der Waals surface area contributed by atoms with Crippen molar-refractivity contribution in [2.24, 2.45) is 0 Å². The lowest BCUT2D eigenvalue weighted by atomic mass is 10.1. The van der Waals surface area contributed by atoms with Crippen molar-refractivity contribution in [2.75, 3.05) is 0 Å². The van der Waals surface area contributed by atoms with E-state index in [9.17, 15) is 0 Å². The van der Waals surface area contributed by atoms with Crippen LogP contribution < -0.4 is 5.32 Å². The Morgan fingerprint density at radius 2 is 2.38 bits per heavy atom. The van der Waals surface area contributed by atoms with Crippen molar-refractivity contribution in [3.63, 3.8) is 0 Å². The van der Waals surface area contributed by atoms with Crippen molar-refractivity contribution in [1.82, 2.24) is 20.1 Å². The smallest absolute Gasteiger partial charge is 0.138 e. The Hall–Kier alpha value is -1.50. The summed E-state index contributed by atoms with van der Waals surface area (Å²) in [6.45, 7) is 1.86. The Balaban J connectivity index is 1.37. The Morgan fingerprint density at radius 3 is 3.29 bits per heavy atom. The Labute approximate surface area is 131 Å². The molecule has 3 aromatic heterocycles. The SMILES string of the molecule is c1csc(-c2csc(CN[C@H]3CCc4ncnn4C3)c2)c1. The highest BCUT2D eigenvalue weighted by atomic mass is 32.1. The van der Waals surface area contributed by atoms with Gasteiger partial charge in [0, 0.05) is 34.3 Å². The first-order chi connectivity index (χ1) is 10.4. The molecule has 1 atom stereocenters.